The van der Waals surface area contributed by atoms with E-state index in [-0.39, 0.29) is 0 Å². The van der Waals surface area contributed by atoms with Gasteiger partial charge in [-0.3, -0.25) is 0 Å². The van der Waals surface area contributed by atoms with E-state index in [4.69, 9.17) is 4.74 Å². The summed E-state index contributed by atoms with van der Waals surface area (Å²) in [6.45, 7) is 4.25. The van der Waals surface area contributed by atoms with Gasteiger partial charge in [0.25, 0.3) is 0 Å². The van der Waals surface area contributed by atoms with Crippen molar-refractivity contribution in [2.75, 3.05) is 61.5 Å². The molecule has 0 aromatic heterocycles. The Balaban J connectivity index is 3.56. The van der Waals surface area contributed by atoms with Crippen LogP contribution in [-0.4, -0.2) is 70.9 Å². The number of likely N-dealkylation sites (N-methyl/N-ethyl adjacent to an activating group) is 2. The number of rotatable bonds is 6. The van der Waals surface area contributed by atoms with Crippen molar-refractivity contribution in [1.82, 2.24) is 4.90 Å². The lowest BCUT2D eigenvalue weighted by Gasteiger charge is -2.30. The van der Waals surface area contributed by atoms with Crippen molar-refractivity contribution in [2.45, 2.75) is 0 Å². The molecule has 3 heteroatoms. The monoisotopic (exact) mass is 175 g/mol. The molecule has 3 nitrogen and oxygen atoms in total. The molecule has 0 aliphatic heterocycles. The van der Waals surface area contributed by atoms with E-state index in [1.165, 1.54) is 6.54 Å². The summed E-state index contributed by atoms with van der Waals surface area (Å²) in [5, 5.41) is 0. The Hall–Kier alpha value is -0.120. The van der Waals surface area contributed by atoms with Crippen LogP contribution in [0.1, 0.15) is 0 Å². The minimum atomic E-state index is 0.848. The molecule has 0 saturated heterocycles. The molecule has 0 bridgehead atoms. The lowest BCUT2D eigenvalue weighted by atomic mass is 10.4. The van der Waals surface area contributed by atoms with Gasteiger partial charge in [0.1, 0.15) is 6.54 Å². The zero-order valence-electron chi connectivity index (χ0n) is 9.13. The van der Waals surface area contributed by atoms with Crippen LogP contribution in [0.5, 0.6) is 0 Å². The fourth-order valence-corrected chi connectivity index (χ4v) is 0.921. The molecule has 0 aliphatic rings. The summed E-state index contributed by atoms with van der Waals surface area (Å²) < 4.78 is 6.09. The lowest BCUT2D eigenvalue weighted by molar-refractivity contribution is -0.890. The van der Waals surface area contributed by atoms with Gasteiger partial charge in [0.05, 0.1) is 27.2 Å². The van der Waals surface area contributed by atoms with Crippen LogP contribution >= 0.6 is 0 Å². The van der Waals surface area contributed by atoms with Crippen molar-refractivity contribution in [3.63, 3.8) is 0 Å². The number of methoxy groups -OCH3 is 1. The van der Waals surface area contributed by atoms with E-state index in [1.807, 2.05) is 0 Å². The highest BCUT2D eigenvalue weighted by Gasteiger charge is 2.13. The molecule has 0 atom stereocenters. The Kier molecular flexibility index (Phi) is 5.46. The average molecular weight is 175 g/mol. The number of hydrogen-bond acceptors (Lipinski definition) is 2. The largest absolute Gasteiger partial charge is 0.379 e. The third kappa shape index (κ3) is 6.58. The van der Waals surface area contributed by atoms with Crippen LogP contribution in [0, 0.1) is 0 Å². The molecule has 0 radical (unpaired) electrons. The maximum absolute atomic E-state index is 5.06. The van der Waals surface area contributed by atoms with Gasteiger partial charge < -0.3 is 14.1 Å². The molecule has 0 aromatic carbocycles. The van der Waals surface area contributed by atoms with Gasteiger partial charge in [-0.1, -0.05) is 0 Å². The maximum atomic E-state index is 5.06. The highest BCUT2D eigenvalue weighted by molar-refractivity contribution is 4.41. The van der Waals surface area contributed by atoms with Gasteiger partial charge in [0, 0.05) is 13.7 Å². The SMILES string of the molecule is COCC[N+](C)(C)CCN(C)C. The average Bonchev–Trinajstić information content (AvgIpc) is 1.98. The summed E-state index contributed by atoms with van der Waals surface area (Å²) in [7, 11) is 10.4. The summed E-state index contributed by atoms with van der Waals surface area (Å²) in [5.74, 6) is 0. The van der Waals surface area contributed by atoms with Gasteiger partial charge >= 0.3 is 0 Å². The third-order valence-electron chi connectivity index (χ3n) is 2.05. The minimum absolute atomic E-state index is 0.848. The zero-order chi connectivity index (χ0) is 9.61. The molecule has 12 heavy (non-hydrogen) atoms. The number of quaternary nitrogens is 1. The Morgan fingerprint density at radius 3 is 2.17 bits per heavy atom. The summed E-state index contributed by atoms with van der Waals surface area (Å²) in [4.78, 5) is 2.22. The molecule has 74 valence electrons. The standard InChI is InChI=1S/C9H23N2O/c1-10(2)6-7-11(3,4)8-9-12-5/h6-9H2,1-5H3/q+1. The minimum Gasteiger partial charge on any atom is -0.379 e. The quantitative estimate of drug-likeness (QED) is 0.537. The Morgan fingerprint density at radius 1 is 1.17 bits per heavy atom. The molecular weight excluding hydrogens is 152 g/mol. The fraction of sp³-hybridized carbons (Fsp3) is 1.00. The molecule has 0 unspecified atom stereocenters. The molecule has 0 rings (SSSR count). The van der Waals surface area contributed by atoms with Crippen LogP contribution in [0.25, 0.3) is 0 Å². The fourth-order valence-electron chi connectivity index (χ4n) is 0.921. The molecule has 0 N–H and O–H groups in total. The van der Waals surface area contributed by atoms with Gasteiger partial charge in [-0.05, 0) is 14.1 Å². The van der Waals surface area contributed by atoms with Crippen molar-refractivity contribution < 1.29 is 9.22 Å². The van der Waals surface area contributed by atoms with Crippen molar-refractivity contribution in [2.24, 2.45) is 0 Å². The van der Waals surface area contributed by atoms with Gasteiger partial charge in [-0.25, -0.2) is 0 Å². The highest BCUT2D eigenvalue weighted by atomic mass is 16.5. The smallest absolute Gasteiger partial charge is 0.102 e. The Labute approximate surface area is 76.5 Å². The summed E-state index contributed by atoms with van der Waals surface area (Å²) >= 11 is 0. The summed E-state index contributed by atoms with van der Waals surface area (Å²) in [5.41, 5.74) is 0. The first-order chi connectivity index (χ1) is 5.48. The van der Waals surface area contributed by atoms with Crippen LogP contribution in [0.2, 0.25) is 0 Å². The maximum Gasteiger partial charge on any atom is 0.102 e. The normalized spacial score (nSPS) is 12.5. The predicted molar refractivity (Wildman–Crippen MR) is 52.3 cm³/mol. The van der Waals surface area contributed by atoms with Crippen molar-refractivity contribution >= 4 is 0 Å². The molecule has 0 amide bonds. The van der Waals surface area contributed by atoms with Crippen LogP contribution in [0.3, 0.4) is 0 Å². The lowest BCUT2D eigenvalue weighted by Crippen LogP contribution is -2.46. The van der Waals surface area contributed by atoms with Gasteiger partial charge in [-0.15, -0.1) is 0 Å². The first-order valence-electron chi connectivity index (χ1n) is 4.43. The van der Waals surface area contributed by atoms with E-state index >= 15 is 0 Å². The second kappa shape index (κ2) is 5.51. The predicted octanol–water partition coefficient (Wildman–Crippen LogP) is 0.271. The van der Waals surface area contributed by atoms with E-state index in [1.54, 1.807) is 7.11 Å². The van der Waals surface area contributed by atoms with E-state index in [0.717, 1.165) is 24.2 Å². The van der Waals surface area contributed by atoms with Crippen molar-refractivity contribution in [3.05, 3.63) is 0 Å². The first-order valence-corrected chi connectivity index (χ1v) is 4.43. The first kappa shape index (κ1) is 11.9. The van der Waals surface area contributed by atoms with Crippen LogP contribution in [0.4, 0.5) is 0 Å². The molecule has 0 aliphatic carbocycles. The van der Waals surface area contributed by atoms with E-state index < -0.39 is 0 Å². The zero-order valence-corrected chi connectivity index (χ0v) is 9.13. The van der Waals surface area contributed by atoms with Gasteiger partial charge in [0.15, 0.2) is 0 Å². The van der Waals surface area contributed by atoms with Crippen molar-refractivity contribution in [1.29, 1.82) is 0 Å². The highest BCUT2D eigenvalue weighted by Crippen LogP contribution is 1.96. The van der Waals surface area contributed by atoms with Gasteiger partial charge in [-0.2, -0.15) is 0 Å². The molecule has 0 fully saturated rings. The molecule has 0 saturated carbocycles. The Bertz CT molecular complexity index is 113. The molecule has 0 spiro atoms. The van der Waals surface area contributed by atoms with E-state index in [9.17, 15) is 0 Å². The number of nitrogens with zero attached hydrogens (tertiary/aromatic N) is 2. The van der Waals surface area contributed by atoms with E-state index in [2.05, 4.69) is 33.1 Å². The summed E-state index contributed by atoms with van der Waals surface area (Å²) in [6.07, 6.45) is 0. The molecule has 0 aromatic rings. The molecular formula is C9H23N2O+. The topological polar surface area (TPSA) is 12.5 Å². The van der Waals surface area contributed by atoms with Crippen molar-refractivity contribution in [3.8, 4) is 0 Å². The van der Waals surface area contributed by atoms with Gasteiger partial charge in [0.2, 0.25) is 0 Å². The number of hydrogen-bond donors (Lipinski definition) is 0. The third-order valence-corrected chi connectivity index (χ3v) is 2.05. The second-order valence-electron chi connectivity index (χ2n) is 4.18. The summed E-state index contributed by atoms with van der Waals surface area (Å²) in [6, 6.07) is 0. The van der Waals surface area contributed by atoms with Crippen LogP contribution < -0.4 is 0 Å². The molecule has 0 heterocycles. The van der Waals surface area contributed by atoms with E-state index in [0.29, 0.717) is 0 Å². The Morgan fingerprint density at radius 2 is 1.75 bits per heavy atom. The van der Waals surface area contributed by atoms with Crippen LogP contribution in [0.15, 0.2) is 0 Å². The van der Waals surface area contributed by atoms with Crippen LogP contribution in [-0.2, 0) is 4.74 Å². The number of ether oxygens (including phenoxy) is 1. The second-order valence-corrected chi connectivity index (χ2v) is 4.18.